The van der Waals surface area contributed by atoms with Gasteiger partial charge in [0.25, 0.3) is 0 Å². The highest BCUT2D eigenvalue weighted by molar-refractivity contribution is 6.04. The Kier molecular flexibility index (Phi) is 3.92. The molecule has 0 N–H and O–H groups in total. The van der Waals surface area contributed by atoms with Crippen LogP contribution in [0.2, 0.25) is 0 Å². The monoisotopic (exact) mass is 407 g/mol. The fraction of sp³-hybridized carbons (Fsp3) is 0.136. The summed E-state index contributed by atoms with van der Waals surface area (Å²) in [4.78, 5) is 3.71. The van der Waals surface area contributed by atoms with Gasteiger partial charge in [-0.25, -0.2) is 18.4 Å². The summed E-state index contributed by atoms with van der Waals surface area (Å²) >= 11 is 0. The Labute approximate surface area is 169 Å². The maximum Gasteiger partial charge on any atom is 0.212 e. The molecule has 0 fully saturated rings. The van der Waals surface area contributed by atoms with E-state index in [1.807, 2.05) is 26.0 Å². The smallest absolute Gasteiger partial charge is 0.212 e. The number of hydrogen-bond acceptors (Lipinski definition) is 3. The number of nitrogens with zero attached hydrogens (tertiary/aromatic N) is 5. The molecule has 0 aliphatic carbocycles. The number of hydrogen-bond donors (Lipinski definition) is 0. The molecule has 0 radical (unpaired) electrons. The lowest BCUT2D eigenvalue weighted by Gasteiger charge is -2.06. The summed E-state index contributed by atoms with van der Waals surface area (Å²) in [5, 5.41) is 9.82. The second-order valence-corrected chi connectivity index (χ2v) is 7.36. The maximum absolute atomic E-state index is 15.1. The minimum atomic E-state index is -0.731. The number of aromatic nitrogens is 5. The van der Waals surface area contributed by atoms with Crippen molar-refractivity contribution in [2.75, 3.05) is 0 Å². The zero-order valence-electron chi connectivity index (χ0n) is 16.4. The molecular weight excluding hydrogens is 391 g/mol. The van der Waals surface area contributed by atoms with E-state index in [1.165, 1.54) is 16.9 Å². The molecule has 150 valence electrons. The number of pyridine rings is 1. The van der Waals surface area contributed by atoms with E-state index < -0.39 is 17.6 Å². The van der Waals surface area contributed by atoms with Crippen LogP contribution in [0.1, 0.15) is 11.1 Å². The predicted molar refractivity (Wildman–Crippen MR) is 108 cm³/mol. The van der Waals surface area contributed by atoms with E-state index in [2.05, 4.69) is 15.2 Å². The molecule has 0 atom stereocenters. The first-order valence-electron chi connectivity index (χ1n) is 9.27. The largest absolute Gasteiger partial charge is 0.274 e. The van der Waals surface area contributed by atoms with E-state index in [0.717, 1.165) is 22.7 Å². The maximum atomic E-state index is 15.1. The van der Waals surface area contributed by atoms with Crippen LogP contribution in [0.4, 0.5) is 13.2 Å². The Morgan fingerprint density at radius 1 is 0.900 bits per heavy atom. The van der Waals surface area contributed by atoms with Gasteiger partial charge >= 0.3 is 0 Å². The van der Waals surface area contributed by atoms with Crippen LogP contribution in [0.3, 0.4) is 0 Å². The van der Waals surface area contributed by atoms with Crippen LogP contribution in [0.5, 0.6) is 0 Å². The van der Waals surface area contributed by atoms with Crippen LogP contribution < -0.4 is 0 Å². The van der Waals surface area contributed by atoms with Gasteiger partial charge in [0.15, 0.2) is 5.82 Å². The van der Waals surface area contributed by atoms with Gasteiger partial charge in [-0.2, -0.15) is 14.6 Å². The molecule has 0 aliphatic rings. The summed E-state index contributed by atoms with van der Waals surface area (Å²) in [6.45, 7) is 3.86. The third kappa shape index (κ3) is 2.67. The summed E-state index contributed by atoms with van der Waals surface area (Å²) in [6.07, 6.45) is 2.94. The highest BCUT2D eigenvalue weighted by Gasteiger charge is 2.23. The lowest BCUT2D eigenvalue weighted by atomic mass is 10.0. The number of rotatable bonds is 2. The molecule has 0 saturated carbocycles. The predicted octanol–water partition coefficient (Wildman–Crippen LogP) is 5.01. The van der Waals surface area contributed by atoms with Crippen molar-refractivity contribution in [1.82, 2.24) is 24.5 Å². The molecule has 5 rings (SSSR count). The first kappa shape index (κ1) is 18.4. The SMILES string of the molecule is Cc1cc(C)c2c(c1)c(-c1c(F)cc(F)c3nn(C)cc13)nn2-c1ccc(F)nc1. The first-order chi connectivity index (χ1) is 14.3. The van der Waals surface area contributed by atoms with Gasteiger partial charge < -0.3 is 0 Å². The molecular formula is C22H16F3N5. The van der Waals surface area contributed by atoms with Crippen LogP contribution in [0.15, 0.2) is 42.7 Å². The minimum absolute atomic E-state index is 0.0735. The summed E-state index contributed by atoms with van der Waals surface area (Å²) in [5.41, 5.74) is 3.76. The van der Waals surface area contributed by atoms with E-state index in [-0.39, 0.29) is 11.1 Å². The van der Waals surface area contributed by atoms with Gasteiger partial charge in [-0.15, -0.1) is 0 Å². The van der Waals surface area contributed by atoms with Gasteiger partial charge in [-0.3, -0.25) is 4.68 Å². The lowest BCUT2D eigenvalue weighted by molar-refractivity contribution is 0.582. The van der Waals surface area contributed by atoms with Crippen molar-refractivity contribution in [2.24, 2.45) is 7.05 Å². The van der Waals surface area contributed by atoms with Gasteiger partial charge in [0.05, 0.1) is 17.4 Å². The highest BCUT2D eigenvalue weighted by Crippen LogP contribution is 2.38. The molecule has 0 bridgehead atoms. The average Bonchev–Trinajstić information content (AvgIpc) is 3.24. The van der Waals surface area contributed by atoms with Crippen LogP contribution in [0, 0.1) is 31.4 Å². The third-order valence-corrected chi connectivity index (χ3v) is 5.12. The zero-order valence-corrected chi connectivity index (χ0v) is 16.4. The standard InChI is InChI=1S/C22H16F3N5/c1-11-6-12(2)22-14(7-11)21(28-30(22)13-4-5-18(25)26-9-13)19-15-10-29(3)27-20(15)17(24)8-16(19)23/h4-10H,1-3H3. The molecule has 30 heavy (non-hydrogen) atoms. The minimum Gasteiger partial charge on any atom is -0.274 e. The fourth-order valence-electron chi connectivity index (χ4n) is 3.96. The van der Waals surface area contributed by atoms with E-state index in [4.69, 9.17) is 0 Å². The molecule has 0 amide bonds. The van der Waals surface area contributed by atoms with Crippen molar-refractivity contribution in [3.63, 3.8) is 0 Å². The van der Waals surface area contributed by atoms with Crippen LogP contribution >= 0.6 is 0 Å². The van der Waals surface area contributed by atoms with Crippen LogP contribution in [-0.2, 0) is 7.05 Å². The Hall–Kier alpha value is -3.68. The summed E-state index contributed by atoms with van der Waals surface area (Å²) in [6, 6.07) is 7.52. The molecule has 5 aromatic rings. The first-order valence-corrected chi connectivity index (χ1v) is 9.27. The Morgan fingerprint density at radius 3 is 2.43 bits per heavy atom. The van der Waals surface area contributed by atoms with Gasteiger partial charge in [0.1, 0.15) is 17.0 Å². The highest BCUT2D eigenvalue weighted by atomic mass is 19.1. The summed E-state index contributed by atoms with van der Waals surface area (Å²) in [5.74, 6) is -2.06. The van der Waals surface area contributed by atoms with Gasteiger partial charge in [-0.1, -0.05) is 11.6 Å². The average molecular weight is 407 g/mol. The Bertz CT molecular complexity index is 1450. The fourth-order valence-corrected chi connectivity index (χ4v) is 3.96. The van der Waals surface area contributed by atoms with Gasteiger partial charge in [0.2, 0.25) is 5.95 Å². The molecule has 3 aromatic heterocycles. The van der Waals surface area contributed by atoms with Crippen LogP contribution in [-0.4, -0.2) is 24.5 Å². The molecule has 0 spiro atoms. The second kappa shape index (κ2) is 6.41. The quantitative estimate of drug-likeness (QED) is 0.387. The van der Waals surface area contributed by atoms with Crippen molar-refractivity contribution in [3.8, 4) is 16.9 Å². The molecule has 0 saturated heterocycles. The van der Waals surface area contributed by atoms with Crippen molar-refractivity contribution in [3.05, 3.63) is 71.4 Å². The normalized spacial score (nSPS) is 11.7. The van der Waals surface area contributed by atoms with Crippen molar-refractivity contribution < 1.29 is 13.2 Å². The Morgan fingerprint density at radius 2 is 1.70 bits per heavy atom. The van der Waals surface area contributed by atoms with Gasteiger partial charge in [-0.05, 0) is 37.6 Å². The van der Waals surface area contributed by atoms with Crippen molar-refractivity contribution >= 4 is 21.8 Å². The second-order valence-electron chi connectivity index (χ2n) is 7.36. The van der Waals surface area contributed by atoms with E-state index in [0.29, 0.717) is 22.2 Å². The number of aryl methyl sites for hydroxylation is 3. The molecule has 5 nitrogen and oxygen atoms in total. The third-order valence-electron chi connectivity index (χ3n) is 5.12. The van der Waals surface area contributed by atoms with Crippen LogP contribution in [0.25, 0.3) is 38.8 Å². The molecule has 0 aliphatic heterocycles. The topological polar surface area (TPSA) is 48.5 Å². The van der Waals surface area contributed by atoms with E-state index in [9.17, 15) is 8.78 Å². The van der Waals surface area contributed by atoms with Gasteiger partial charge in [0, 0.05) is 35.6 Å². The molecule has 0 unspecified atom stereocenters. The zero-order chi connectivity index (χ0) is 21.2. The molecule has 2 aromatic carbocycles. The number of benzene rings is 2. The van der Waals surface area contributed by atoms with Crippen molar-refractivity contribution in [1.29, 1.82) is 0 Å². The lowest BCUT2D eigenvalue weighted by Crippen LogP contribution is -1.99. The molecule has 8 heteroatoms. The number of halogens is 3. The van der Waals surface area contributed by atoms with E-state index >= 15 is 4.39 Å². The number of fused-ring (bicyclic) bond motifs is 2. The van der Waals surface area contributed by atoms with E-state index in [1.54, 1.807) is 24.0 Å². The summed E-state index contributed by atoms with van der Waals surface area (Å²) in [7, 11) is 1.65. The molecule has 3 heterocycles. The Balaban J connectivity index is 1.92. The van der Waals surface area contributed by atoms with Crippen molar-refractivity contribution in [2.45, 2.75) is 13.8 Å². The summed E-state index contributed by atoms with van der Waals surface area (Å²) < 4.78 is 45.8.